The Morgan fingerprint density at radius 3 is 2.67 bits per heavy atom. The lowest BCUT2D eigenvalue weighted by atomic mass is 9.89. The number of rotatable bonds is 6. The Hall–Kier alpha value is -1.09. The molecule has 0 bridgehead atoms. The largest absolute Gasteiger partial charge is 0.490 e. The second-order valence-corrected chi connectivity index (χ2v) is 6.96. The zero-order valence-corrected chi connectivity index (χ0v) is 14.0. The maximum atomic E-state index is 6.29. The monoisotopic (exact) mass is 290 g/mol. The van der Waals surface area contributed by atoms with Gasteiger partial charge in [0, 0.05) is 30.1 Å². The third kappa shape index (κ3) is 5.31. The first kappa shape index (κ1) is 16.3. The molecule has 1 heterocycles. The molecule has 1 aromatic rings. The number of nitrogens with one attached hydrogen (secondary N) is 1. The van der Waals surface area contributed by atoms with Gasteiger partial charge in [0.25, 0.3) is 0 Å². The lowest BCUT2D eigenvalue weighted by Crippen LogP contribution is -2.25. The van der Waals surface area contributed by atoms with Crippen LogP contribution in [0.5, 0.6) is 5.75 Å². The summed E-state index contributed by atoms with van der Waals surface area (Å²) in [6.07, 6.45) is 7.28. The van der Waals surface area contributed by atoms with E-state index in [9.17, 15) is 0 Å². The fourth-order valence-corrected chi connectivity index (χ4v) is 2.83. The number of aryl methyl sites for hydroxylation is 1. The van der Waals surface area contributed by atoms with Gasteiger partial charge in [-0.3, -0.25) is 4.98 Å². The molecule has 0 saturated heterocycles. The van der Waals surface area contributed by atoms with Crippen molar-refractivity contribution in [1.82, 2.24) is 10.3 Å². The molecule has 0 radical (unpaired) electrons. The molecule has 0 aliphatic heterocycles. The number of nitrogens with zero attached hydrogens (tertiary/aromatic N) is 1. The molecule has 1 aliphatic carbocycles. The minimum atomic E-state index is 0.381. The van der Waals surface area contributed by atoms with Gasteiger partial charge >= 0.3 is 0 Å². The van der Waals surface area contributed by atoms with E-state index in [2.05, 4.69) is 37.1 Å². The van der Waals surface area contributed by atoms with Crippen LogP contribution >= 0.6 is 0 Å². The molecule has 1 aliphatic rings. The molecule has 3 nitrogen and oxygen atoms in total. The van der Waals surface area contributed by atoms with Crippen LogP contribution in [0, 0.1) is 18.8 Å². The van der Waals surface area contributed by atoms with Crippen molar-refractivity contribution in [3.63, 3.8) is 0 Å². The van der Waals surface area contributed by atoms with Gasteiger partial charge in [-0.2, -0.15) is 0 Å². The van der Waals surface area contributed by atoms with Crippen molar-refractivity contribution in [2.75, 3.05) is 6.54 Å². The van der Waals surface area contributed by atoms with Crippen LogP contribution in [0.1, 0.15) is 57.7 Å². The van der Waals surface area contributed by atoms with Gasteiger partial charge in [0.15, 0.2) is 0 Å². The van der Waals surface area contributed by atoms with Crippen LogP contribution < -0.4 is 10.1 Å². The summed E-state index contributed by atoms with van der Waals surface area (Å²) in [7, 11) is 0. The number of hydrogen-bond donors (Lipinski definition) is 1. The van der Waals surface area contributed by atoms with Gasteiger partial charge in [0.05, 0.1) is 6.10 Å². The maximum Gasteiger partial charge on any atom is 0.127 e. The summed E-state index contributed by atoms with van der Waals surface area (Å²) in [5.74, 6) is 2.54. The van der Waals surface area contributed by atoms with Crippen molar-refractivity contribution >= 4 is 0 Å². The summed E-state index contributed by atoms with van der Waals surface area (Å²) < 4.78 is 6.29. The summed E-state index contributed by atoms with van der Waals surface area (Å²) >= 11 is 0. The van der Waals surface area contributed by atoms with Crippen molar-refractivity contribution in [2.24, 2.45) is 11.8 Å². The van der Waals surface area contributed by atoms with Crippen molar-refractivity contribution in [3.8, 4) is 5.75 Å². The molecule has 0 atom stereocenters. The zero-order chi connectivity index (χ0) is 15.2. The Morgan fingerprint density at radius 1 is 1.29 bits per heavy atom. The Balaban J connectivity index is 1.97. The van der Waals surface area contributed by atoms with Crippen LogP contribution in [0.25, 0.3) is 0 Å². The van der Waals surface area contributed by atoms with Crippen LogP contribution in [0.15, 0.2) is 12.3 Å². The SMILES string of the molecule is Cc1cc(OC2CCC(C)CC2)c(CNCC(C)C)cn1. The van der Waals surface area contributed by atoms with Crippen LogP contribution in [-0.2, 0) is 6.54 Å². The van der Waals surface area contributed by atoms with E-state index in [-0.39, 0.29) is 0 Å². The lowest BCUT2D eigenvalue weighted by molar-refractivity contribution is 0.134. The van der Waals surface area contributed by atoms with Gasteiger partial charge in [-0.05, 0) is 51.0 Å². The molecule has 118 valence electrons. The molecule has 2 rings (SSSR count). The van der Waals surface area contributed by atoms with Crippen molar-refractivity contribution in [3.05, 3.63) is 23.5 Å². The smallest absolute Gasteiger partial charge is 0.127 e. The molecule has 3 heteroatoms. The minimum Gasteiger partial charge on any atom is -0.490 e. The summed E-state index contributed by atoms with van der Waals surface area (Å²) in [4.78, 5) is 4.42. The quantitative estimate of drug-likeness (QED) is 0.856. The zero-order valence-electron chi connectivity index (χ0n) is 14.0. The van der Waals surface area contributed by atoms with Crippen LogP contribution in [0.2, 0.25) is 0 Å². The summed E-state index contributed by atoms with van der Waals surface area (Å²) in [5.41, 5.74) is 2.21. The Bertz CT molecular complexity index is 437. The first-order chi connectivity index (χ1) is 10.0. The average molecular weight is 290 g/mol. The van der Waals surface area contributed by atoms with Crippen LogP contribution in [0.4, 0.5) is 0 Å². The van der Waals surface area contributed by atoms with Gasteiger partial charge in [-0.15, -0.1) is 0 Å². The number of pyridine rings is 1. The van der Waals surface area contributed by atoms with Gasteiger partial charge in [-0.25, -0.2) is 0 Å². The molecule has 0 aromatic carbocycles. The van der Waals surface area contributed by atoms with Crippen molar-refractivity contribution in [2.45, 2.75) is 66.0 Å². The van der Waals surface area contributed by atoms with E-state index in [4.69, 9.17) is 4.74 Å². The van der Waals surface area contributed by atoms with E-state index in [1.165, 1.54) is 31.2 Å². The topological polar surface area (TPSA) is 34.1 Å². The lowest BCUT2D eigenvalue weighted by Gasteiger charge is -2.27. The third-order valence-electron chi connectivity index (χ3n) is 4.21. The minimum absolute atomic E-state index is 0.381. The molecule has 0 amide bonds. The fourth-order valence-electron chi connectivity index (χ4n) is 2.83. The van der Waals surface area contributed by atoms with E-state index in [1.807, 2.05) is 13.1 Å². The maximum absolute atomic E-state index is 6.29. The van der Waals surface area contributed by atoms with Crippen LogP contribution in [-0.4, -0.2) is 17.6 Å². The van der Waals surface area contributed by atoms with Gasteiger partial charge in [0.1, 0.15) is 5.75 Å². The molecule has 1 aromatic heterocycles. The highest BCUT2D eigenvalue weighted by Gasteiger charge is 2.20. The molecule has 0 spiro atoms. The van der Waals surface area contributed by atoms with E-state index in [1.54, 1.807) is 0 Å². The molecule has 0 unspecified atom stereocenters. The molecule has 21 heavy (non-hydrogen) atoms. The molecular formula is C18H30N2O. The first-order valence-electron chi connectivity index (χ1n) is 8.37. The predicted molar refractivity (Wildman–Crippen MR) is 87.6 cm³/mol. The highest BCUT2D eigenvalue weighted by Crippen LogP contribution is 2.29. The molecule has 1 N–H and O–H groups in total. The predicted octanol–water partition coefficient (Wildman–Crippen LogP) is 4.09. The van der Waals surface area contributed by atoms with E-state index in [0.29, 0.717) is 12.0 Å². The van der Waals surface area contributed by atoms with Gasteiger partial charge in [0.2, 0.25) is 0 Å². The van der Waals surface area contributed by atoms with Gasteiger partial charge < -0.3 is 10.1 Å². The highest BCUT2D eigenvalue weighted by atomic mass is 16.5. The fraction of sp³-hybridized carbons (Fsp3) is 0.722. The number of hydrogen-bond acceptors (Lipinski definition) is 3. The normalized spacial score (nSPS) is 22.5. The highest BCUT2D eigenvalue weighted by molar-refractivity contribution is 5.33. The first-order valence-corrected chi connectivity index (χ1v) is 8.37. The number of aromatic nitrogens is 1. The summed E-state index contributed by atoms with van der Waals surface area (Å²) in [5, 5.41) is 3.49. The third-order valence-corrected chi connectivity index (χ3v) is 4.21. The van der Waals surface area contributed by atoms with E-state index in [0.717, 1.165) is 30.5 Å². The van der Waals surface area contributed by atoms with Crippen molar-refractivity contribution in [1.29, 1.82) is 0 Å². The average Bonchev–Trinajstić information content (AvgIpc) is 2.43. The van der Waals surface area contributed by atoms with Crippen LogP contribution in [0.3, 0.4) is 0 Å². The second kappa shape index (κ2) is 7.79. The molecule has 1 fully saturated rings. The second-order valence-electron chi connectivity index (χ2n) is 6.96. The number of ether oxygens (including phenoxy) is 1. The molecule has 1 saturated carbocycles. The summed E-state index contributed by atoms with van der Waals surface area (Å²) in [6.45, 7) is 10.7. The Morgan fingerprint density at radius 2 is 2.00 bits per heavy atom. The van der Waals surface area contributed by atoms with Crippen molar-refractivity contribution < 1.29 is 4.74 Å². The van der Waals surface area contributed by atoms with E-state index >= 15 is 0 Å². The summed E-state index contributed by atoms with van der Waals surface area (Å²) in [6, 6.07) is 2.09. The Labute approximate surface area is 129 Å². The van der Waals surface area contributed by atoms with Gasteiger partial charge in [-0.1, -0.05) is 20.8 Å². The Kier molecular flexibility index (Phi) is 6.04. The standard InChI is InChI=1S/C18H30N2O/c1-13(2)10-19-11-16-12-20-15(4)9-18(16)21-17-7-5-14(3)6-8-17/h9,12-14,17,19H,5-8,10-11H2,1-4H3. The van der Waals surface area contributed by atoms with E-state index < -0.39 is 0 Å². The molecular weight excluding hydrogens is 260 g/mol.